The molecule has 0 spiro atoms. The Labute approximate surface area is 149 Å². The van der Waals surface area contributed by atoms with Gasteiger partial charge in [0.25, 0.3) is 0 Å². The Kier molecular flexibility index (Phi) is 4.83. The van der Waals surface area contributed by atoms with Crippen LogP contribution in [-0.2, 0) is 20.7 Å². The van der Waals surface area contributed by atoms with E-state index in [1.54, 1.807) is 19.1 Å². The third-order valence-corrected chi connectivity index (χ3v) is 4.49. The van der Waals surface area contributed by atoms with Crippen molar-refractivity contribution in [2.75, 3.05) is 0 Å². The summed E-state index contributed by atoms with van der Waals surface area (Å²) in [5.74, 6) is -2.04. The molecule has 0 saturated carbocycles. The normalized spacial score (nSPS) is 29.0. The average Bonchev–Trinajstić information content (AvgIpc) is 3.25. The van der Waals surface area contributed by atoms with Crippen LogP contribution in [0.2, 0.25) is 5.02 Å². The predicted molar refractivity (Wildman–Crippen MR) is 89.9 cm³/mol. The molecule has 2 heterocycles. The minimum absolute atomic E-state index is 0.0348. The van der Waals surface area contributed by atoms with Crippen molar-refractivity contribution in [1.82, 2.24) is 0 Å². The molecular weight excluding hydrogens is 348 g/mol. The van der Waals surface area contributed by atoms with Gasteiger partial charge in [-0.15, -0.1) is 0 Å². The number of phenols is 2. The van der Waals surface area contributed by atoms with Gasteiger partial charge in [0, 0.05) is 24.5 Å². The second kappa shape index (κ2) is 6.90. The van der Waals surface area contributed by atoms with Gasteiger partial charge in [-0.2, -0.15) is 0 Å². The quantitative estimate of drug-likeness (QED) is 0.542. The molecule has 7 heteroatoms. The zero-order valence-electron chi connectivity index (χ0n) is 13.4. The monoisotopic (exact) mass is 364 g/mol. The highest BCUT2D eigenvalue weighted by Crippen LogP contribution is 2.37. The number of ether oxygens (including phenoxy) is 2. The van der Waals surface area contributed by atoms with E-state index >= 15 is 0 Å². The molecule has 0 aromatic heterocycles. The van der Waals surface area contributed by atoms with Crippen molar-refractivity contribution in [3.05, 3.63) is 46.5 Å². The van der Waals surface area contributed by atoms with Gasteiger partial charge >= 0.3 is 5.97 Å². The summed E-state index contributed by atoms with van der Waals surface area (Å²) in [4.78, 5) is 24.6. The molecule has 0 bridgehead atoms. The summed E-state index contributed by atoms with van der Waals surface area (Å²) < 4.78 is 10.8. The maximum absolute atomic E-state index is 12.5. The first-order chi connectivity index (χ1) is 11.9. The Morgan fingerprint density at radius 3 is 2.72 bits per heavy atom. The number of benzene rings is 1. The number of esters is 1. The zero-order valence-corrected chi connectivity index (χ0v) is 14.2. The van der Waals surface area contributed by atoms with Gasteiger partial charge in [0.1, 0.15) is 29.3 Å². The SMILES string of the molecule is C[C@@H]1C[C@@H]2O[C@@H]2/C=C/C=C/C(=O)Cc2c(Cl)c(O)cc(O)c2C(=O)O1. The number of carbonyl (C=O) groups excluding carboxylic acids is 2. The number of carbonyl (C=O) groups is 2. The first-order valence-corrected chi connectivity index (χ1v) is 8.22. The van der Waals surface area contributed by atoms with E-state index < -0.39 is 23.6 Å². The summed E-state index contributed by atoms with van der Waals surface area (Å²) in [6, 6.07) is 0.958. The Morgan fingerprint density at radius 2 is 1.96 bits per heavy atom. The molecule has 6 nitrogen and oxygen atoms in total. The van der Waals surface area contributed by atoms with Gasteiger partial charge < -0.3 is 19.7 Å². The van der Waals surface area contributed by atoms with Crippen LogP contribution in [0.4, 0.5) is 0 Å². The average molecular weight is 365 g/mol. The molecule has 3 atom stereocenters. The molecule has 2 N–H and O–H groups in total. The standard InChI is InChI=1S/C18H17ClO6/c1-9-6-15-14(25-15)5-3-2-4-10(20)7-11-16(18(23)24-9)12(21)8-13(22)17(11)19/h2-5,8-9,14-15,21-22H,6-7H2,1H3/b4-2+,5-3+/t9-,14-,15+/m1/s1. The molecule has 2 aliphatic heterocycles. The minimum atomic E-state index is -0.802. The number of allylic oxidation sites excluding steroid dienone is 3. The maximum Gasteiger partial charge on any atom is 0.342 e. The lowest BCUT2D eigenvalue weighted by Crippen LogP contribution is -2.19. The number of ketones is 1. The maximum atomic E-state index is 12.5. The number of rotatable bonds is 0. The number of cyclic esters (lactones) is 1. The number of epoxide rings is 1. The van der Waals surface area contributed by atoms with Gasteiger partial charge in [0.15, 0.2) is 5.78 Å². The summed E-state index contributed by atoms with van der Waals surface area (Å²) in [5.41, 5.74) is -0.176. The molecule has 1 aromatic carbocycles. The molecule has 2 aliphatic rings. The van der Waals surface area contributed by atoms with E-state index in [0.717, 1.165) is 6.07 Å². The molecule has 132 valence electrons. The second-order valence-corrected chi connectivity index (χ2v) is 6.44. The summed E-state index contributed by atoms with van der Waals surface area (Å²) in [5, 5.41) is 19.7. The van der Waals surface area contributed by atoms with Crippen LogP contribution in [0.25, 0.3) is 0 Å². The van der Waals surface area contributed by atoms with Crippen LogP contribution < -0.4 is 0 Å². The summed E-state index contributed by atoms with van der Waals surface area (Å²) in [6.07, 6.45) is 6.13. The molecule has 1 saturated heterocycles. The van der Waals surface area contributed by atoms with Crippen molar-refractivity contribution in [2.24, 2.45) is 0 Å². The van der Waals surface area contributed by atoms with Crippen LogP contribution in [0.3, 0.4) is 0 Å². The number of hydrogen-bond acceptors (Lipinski definition) is 6. The molecule has 0 radical (unpaired) electrons. The van der Waals surface area contributed by atoms with Crippen molar-refractivity contribution < 1.29 is 29.3 Å². The van der Waals surface area contributed by atoms with Crippen LogP contribution in [-0.4, -0.2) is 40.3 Å². The van der Waals surface area contributed by atoms with Crippen molar-refractivity contribution >= 4 is 23.4 Å². The summed E-state index contributed by atoms with van der Waals surface area (Å²) in [7, 11) is 0. The number of aromatic hydroxyl groups is 2. The first kappa shape index (κ1) is 17.5. The van der Waals surface area contributed by atoms with Crippen LogP contribution in [0.15, 0.2) is 30.4 Å². The number of halogens is 1. The second-order valence-electron chi connectivity index (χ2n) is 6.06. The van der Waals surface area contributed by atoms with E-state index in [9.17, 15) is 19.8 Å². The summed E-state index contributed by atoms with van der Waals surface area (Å²) >= 11 is 6.05. The molecule has 0 unspecified atom stereocenters. The highest BCUT2D eigenvalue weighted by atomic mass is 35.5. The van der Waals surface area contributed by atoms with E-state index in [2.05, 4.69) is 0 Å². The van der Waals surface area contributed by atoms with Crippen molar-refractivity contribution in [1.29, 1.82) is 0 Å². The molecule has 3 rings (SSSR count). The molecule has 25 heavy (non-hydrogen) atoms. The number of fused-ring (bicyclic) bond motifs is 2. The van der Waals surface area contributed by atoms with Crippen LogP contribution in [0, 0.1) is 0 Å². The summed E-state index contributed by atoms with van der Waals surface area (Å²) in [6.45, 7) is 1.72. The van der Waals surface area contributed by atoms with E-state index in [-0.39, 0.29) is 40.6 Å². The lowest BCUT2D eigenvalue weighted by atomic mass is 10.00. The van der Waals surface area contributed by atoms with E-state index in [4.69, 9.17) is 21.1 Å². The Morgan fingerprint density at radius 1 is 1.20 bits per heavy atom. The van der Waals surface area contributed by atoms with Gasteiger partial charge in [-0.3, -0.25) is 4.79 Å². The van der Waals surface area contributed by atoms with Crippen molar-refractivity contribution in [3.63, 3.8) is 0 Å². The fraction of sp³-hybridized carbons (Fsp3) is 0.333. The topological polar surface area (TPSA) is 96.4 Å². The number of phenolic OH excluding ortho intramolecular Hbond substituents is 2. The van der Waals surface area contributed by atoms with E-state index in [0.29, 0.717) is 6.42 Å². The smallest absolute Gasteiger partial charge is 0.342 e. The lowest BCUT2D eigenvalue weighted by Gasteiger charge is -2.16. The molecular formula is C18H17ClO6. The lowest BCUT2D eigenvalue weighted by molar-refractivity contribution is -0.114. The molecule has 1 fully saturated rings. The van der Waals surface area contributed by atoms with Gasteiger partial charge in [-0.1, -0.05) is 29.8 Å². The van der Waals surface area contributed by atoms with Crippen molar-refractivity contribution in [2.45, 2.75) is 38.1 Å². The van der Waals surface area contributed by atoms with Gasteiger partial charge in [-0.05, 0) is 13.0 Å². The predicted octanol–water partition coefficient (Wildman–Crippen LogP) is 2.69. The van der Waals surface area contributed by atoms with Crippen LogP contribution >= 0.6 is 11.6 Å². The van der Waals surface area contributed by atoms with Crippen molar-refractivity contribution in [3.8, 4) is 11.5 Å². The first-order valence-electron chi connectivity index (χ1n) is 7.84. The third kappa shape index (κ3) is 3.86. The molecule has 0 amide bonds. The number of hydrogen-bond donors (Lipinski definition) is 2. The fourth-order valence-electron chi connectivity index (χ4n) is 2.78. The van der Waals surface area contributed by atoms with E-state index in [1.165, 1.54) is 6.08 Å². The largest absolute Gasteiger partial charge is 0.507 e. The fourth-order valence-corrected chi connectivity index (χ4v) is 3.00. The minimum Gasteiger partial charge on any atom is -0.507 e. The van der Waals surface area contributed by atoms with Gasteiger partial charge in [0.2, 0.25) is 0 Å². The Hall–Kier alpha value is -2.31. The van der Waals surface area contributed by atoms with Crippen LogP contribution in [0.5, 0.6) is 11.5 Å². The van der Waals surface area contributed by atoms with Gasteiger partial charge in [-0.25, -0.2) is 4.79 Å². The zero-order chi connectivity index (χ0) is 18.1. The molecule has 0 aliphatic carbocycles. The van der Waals surface area contributed by atoms with Gasteiger partial charge in [0.05, 0.1) is 11.1 Å². The molecule has 1 aromatic rings. The Bertz CT molecular complexity index is 782. The highest BCUT2D eigenvalue weighted by Gasteiger charge is 2.38. The highest BCUT2D eigenvalue weighted by molar-refractivity contribution is 6.33. The Balaban J connectivity index is 2.01. The third-order valence-electron chi connectivity index (χ3n) is 4.06. The van der Waals surface area contributed by atoms with Crippen LogP contribution in [0.1, 0.15) is 29.3 Å². The van der Waals surface area contributed by atoms with E-state index in [1.807, 2.05) is 6.08 Å².